The Kier molecular flexibility index (Phi) is 6.98. The lowest BCUT2D eigenvalue weighted by molar-refractivity contribution is -0.148. The molecule has 1 atom stereocenters. The van der Waals surface area contributed by atoms with Crippen LogP contribution in [-0.4, -0.2) is 36.7 Å². The number of benzene rings is 1. The minimum absolute atomic E-state index is 0.0542. The number of ether oxygens (including phenoxy) is 1. The van der Waals surface area contributed by atoms with Gasteiger partial charge in [-0.15, -0.1) is 0 Å². The average molecular weight is 365 g/mol. The van der Waals surface area contributed by atoms with Crippen LogP contribution in [0, 0.1) is 0 Å². The van der Waals surface area contributed by atoms with Crippen molar-refractivity contribution in [2.45, 2.75) is 18.9 Å². The number of hydrogen-bond donors (Lipinski definition) is 2. The van der Waals surface area contributed by atoms with E-state index in [0.717, 1.165) is 10.0 Å². The average Bonchev–Trinajstić information content (AvgIpc) is 2.40. The van der Waals surface area contributed by atoms with Crippen LogP contribution in [0.5, 0.6) is 0 Å². The highest BCUT2D eigenvalue weighted by atomic mass is 79.9. The zero-order chi connectivity index (χ0) is 15.1. The van der Waals surface area contributed by atoms with E-state index in [1.54, 1.807) is 12.1 Å². The fourth-order valence-electron chi connectivity index (χ4n) is 1.55. The second-order valence-corrected chi connectivity index (χ2v) is 5.39. The minimum Gasteiger partial charge on any atom is -0.479 e. The molecule has 0 aliphatic rings. The van der Waals surface area contributed by atoms with E-state index in [2.05, 4.69) is 21.2 Å². The Morgan fingerprint density at radius 1 is 1.50 bits per heavy atom. The summed E-state index contributed by atoms with van der Waals surface area (Å²) in [6, 6.07) is 5.36. The maximum absolute atomic E-state index is 11.6. The molecule has 0 aliphatic carbocycles. The Labute approximate surface area is 130 Å². The maximum atomic E-state index is 11.6. The monoisotopic (exact) mass is 363 g/mol. The van der Waals surface area contributed by atoms with Crippen molar-refractivity contribution in [2.75, 3.05) is 13.7 Å². The molecule has 0 heterocycles. The van der Waals surface area contributed by atoms with Crippen LogP contribution in [0.25, 0.3) is 0 Å². The molecule has 1 unspecified atom stereocenters. The van der Waals surface area contributed by atoms with Crippen molar-refractivity contribution in [1.82, 2.24) is 5.32 Å². The third kappa shape index (κ3) is 5.48. The van der Waals surface area contributed by atoms with Gasteiger partial charge in [-0.25, -0.2) is 4.79 Å². The number of carbonyl (C=O) groups excluding carboxylic acids is 1. The van der Waals surface area contributed by atoms with Crippen molar-refractivity contribution >= 4 is 39.4 Å². The fraction of sp³-hybridized carbons (Fsp3) is 0.385. The van der Waals surface area contributed by atoms with Crippen molar-refractivity contribution in [3.05, 3.63) is 33.3 Å². The first-order valence-electron chi connectivity index (χ1n) is 5.90. The summed E-state index contributed by atoms with van der Waals surface area (Å²) in [5.41, 5.74) is 0.925. The highest BCUT2D eigenvalue weighted by molar-refractivity contribution is 9.10. The molecule has 2 N–H and O–H groups in total. The number of methoxy groups -OCH3 is 1. The van der Waals surface area contributed by atoms with Gasteiger partial charge in [0.2, 0.25) is 5.91 Å². The number of aryl methyl sites for hydroxylation is 1. The molecule has 20 heavy (non-hydrogen) atoms. The zero-order valence-corrected chi connectivity index (χ0v) is 13.2. The molecule has 0 radical (unpaired) electrons. The van der Waals surface area contributed by atoms with Crippen molar-refractivity contribution in [1.29, 1.82) is 0 Å². The van der Waals surface area contributed by atoms with Crippen LogP contribution >= 0.6 is 27.5 Å². The number of nitrogens with one attached hydrogen (secondary N) is 1. The van der Waals surface area contributed by atoms with Crippen LogP contribution in [-0.2, 0) is 20.7 Å². The lowest BCUT2D eigenvalue weighted by atomic mass is 10.1. The predicted molar refractivity (Wildman–Crippen MR) is 78.9 cm³/mol. The van der Waals surface area contributed by atoms with E-state index >= 15 is 0 Å². The van der Waals surface area contributed by atoms with Crippen molar-refractivity contribution in [3.8, 4) is 0 Å². The maximum Gasteiger partial charge on any atom is 0.334 e. The Hall–Kier alpha value is -1.11. The molecule has 110 valence electrons. The van der Waals surface area contributed by atoms with Gasteiger partial charge in [0, 0.05) is 23.0 Å². The van der Waals surface area contributed by atoms with Gasteiger partial charge in [-0.2, -0.15) is 0 Å². The lowest BCUT2D eigenvalue weighted by Gasteiger charge is -2.11. The van der Waals surface area contributed by atoms with E-state index in [9.17, 15) is 9.59 Å². The van der Waals surface area contributed by atoms with Gasteiger partial charge in [0.15, 0.2) is 6.10 Å². The third-order valence-electron chi connectivity index (χ3n) is 2.67. The van der Waals surface area contributed by atoms with E-state index in [4.69, 9.17) is 21.4 Å². The Morgan fingerprint density at radius 2 is 2.20 bits per heavy atom. The molecule has 0 spiro atoms. The minimum atomic E-state index is -1.11. The predicted octanol–water partition coefficient (Wildman–Crippen LogP) is 2.25. The number of hydrogen-bond acceptors (Lipinski definition) is 3. The van der Waals surface area contributed by atoms with Gasteiger partial charge in [-0.05, 0) is 30.2 Å². The molecule has 5 nitrogen and oxygen atoms in total. The molecule has 1 rings (SSSR count). The summed E-state index contributed by atoms with van der Waals surface area (Å²) in [7, 11) is 1.29. The molecule has 0 aliphatic heterocycles. The van der Waals surface area contributed by atoms with Crippen LogP contribution < -0.4 is 5.32 Å². The Bertz CT molecular complexity index is 495. The number of rotatable bonds is 7. The molecule has 0 saturated carbocycles. The fourth-order valence-corrected chi connectivity index (χ4v) is 2.19. The standard InChI is InChI=1S/C13H15BrClNO4/c1-20-11(13(18)19)7-16-12(17)5-2-8-6-9(15)3-4-10(8)14/h3-4,6,11H,2,5,7H2,1H3,(H,16,17)(H,18,19). The van der Waals surface area contributed by atoms with Crippen molar-refractivity contribution in [2.24, 2.45) is 0 Å². The van der Waals surface area contributed by atoms with Crippen LogP contribution in [0.1, 0.15) is 12.0 Å². The van der Waals surface area contributed by atoms with Gasteiger partial charge < -0.3 is 15.2 Å². The zero-order valence-electron chi connectivity index (χ0n) is 10.9. The highest BCUT2D eigenvalue weighted by Gasteiger charge is 2.17. The number of carboxylic acids is 1. The van der Waals surface area contributed by atoms with Crippen molar-refractivity contribution < 1.29 is 19.4 Å². The quantitative estimate of drug-likeness (QED) is 0.778. The molecular weight excluding hydrogens is 350 g/mol. The normalized spacial score (nSPS) is 11.9. The first-order chi connectivity index (χ1) is 9.43. The highest BCUT2D eigenvalue weighted by Crippen LogP contribution is 2.22. The van der Waals surface area contributed by atoms with Crippen molar-refractivity contribution in [3.63, 3.8) is 0 Å². The van der Waals surface area contributed by atoms with Gasteiger partial charge in [-0.3, -0.25) is 4.79 Å². The molecule has 1 amide bonds. The summed E-state index contributed by atoms with van der Waals surface area (Å²) in [5, 5.41) is 11.9. The molecule has 0 fully saturated rings. The number of carbonyl (C=O) groups is 2. The third-order valence-corrected chi connectivity index (χ3v) is 3.68. The molecular formula is C13H15BrClNO4. The van der Waals surface area contributed by atoms with E-state index in [1.807, 2.05) is 6.07 Å². The largest absolute Gasteiger partial charge is 0.479 e. The van der Waals surface area contributed by atoms with Gasteiger partial charge >= 0.3 is 5.97 Å². The molecule has 1 aromatic carbocycles. The topological polar surface area (TPSA) is 75.6 Å². The number of aliphatic carboxylic acids is 1. The van der Waals surface area contributed by atoms with Gasteiger partial charge in [0.25, 0.3) is 0 Å². The summed E-state index contributed by atoms with van der Waals surface area (Å²) in [4.78, 5) is 22.4. The summed E-state index contributed by atoms with van der Waals surface area (Å²) < 4.78 is 5.60. The van der Waals surface area contributed by atoms with Gasteiger partial charge in [-0.1, -0.05) is 27.5 Å². The van der Waals surface area contributed by atoms with E-state index in [0.29, 0.717) is 11.4 Å². The molecule has 0 aromatic heterocycles. The summed E-state index contributed by atoms with van der Waals surface area (Å²) >= 11 is 9.27. The first-order valence-corrected chi connectivity index (χ1v) is 7.07. The Balaban J connectivity index is 2.43. The Morgan fingerprint density at radius 3 is 2.80 bits per heavy atom. The first kappa shape index (κ1) is 16.9. The van der Waals surface area contributed by atoms with E-state index in [-0.39, 0.29) is 18.9 Å². The van der Waals surface area contributed by atoms with Crippen LogP contribution in [0.4, 0.5) is 0 Å². The van der Waals surface area contributed by atoms with Crippen LogP contribution in [0.2, 0.25) is 5.02 Å². The second kappa shape index (κ2) is 8.24. The summed E-state index contributed by atoms with van der Waals surface area (Å²) in [6.45, 7) is -0.0542. The van der Waals surface area contributed by atoms with E-state index in [1.165, 1.54) is 7.11 Å². The van der Waals surface area contributed by atoms with Gasteiger partial charge in [0.1, 0.15) is 0 Å². The van der Waals surface area contributed by atoms with Gasteiger partial charge in [0.05, 0.1) is 6.54 Å². The molecule has 7 heteroatoms. The summed E-state index contributed by atoms with van der Waals surface area (Å²) in [6.07, 6.45) is -0.274. The van der Waals surface area contributed by atoms with E-state index < -0.39 is 12.1 Å². The van der Waals surface area contributed by atoms with Crippen LogP contribution in [0.3, 0.4) is 0 Å². The second-order valence-electron chi connectivity index (χ2n) is 4.10. The molecule has 1 aromatic rings. The molecule has 0 saturated heterocycles. The lowest BCUT2D eigenvalue weighted by Crippen LogP contribution is -2.37. The number of amides is 1. The SMILES string of the molecule is COC(CNC(=O)CCc1cc(Cl)ccc1Br)C(=O)O. The summed E-state index contributed by atoms with van der Waals surface area (Å²) in [5.74, 6) is -1.34. The smallest absolute Gasteiger partial charge is 0.334 e. The molecule has 0 bridgehead atoms. The number of carboxylic acid groups (broad SMARTS) is 1. The number of halogens is 2. The van der Waals surface area contributed by atoms with Crippen LogP contribution in [0.15, 0.2) is 22.7 Å².